The molecular weight excluding hydrogens is 574 g/mol. The van der Waals surface area contributed by atoms with E-state index in [0.29, 0.717) is 16.7 Å². The highest BCUT2D eigenvalue weighted by Crippen LogP contribution is 2.39. The maximum Gasteiger partial charge on any atom is 0.434 e. The van der Waals surface area contributed by atoms with Crippen molar-refractivity contribution in [3.8, 4) is 22.8 Å². The fraction of sp³-hybridized carbons (Fsp3) is 0.240. The number of aromatic nitrogens is 3. The molecule has 2 atom stereocenters. The van der Waals surface area contributed by atoms with Crippen LogP contribution >= 0.6 is 23.2 Å². The minimum absolute atomic E-state index is 0.0156. The van der Waals surface area contributed by atoms with Gasteiger partial charge < -0.3 is 13.9 Å². The number of rotatable bonds is 9. The number of hydrogen-bond donors (Lipinski definition) is 2. The van der Waals surface area contributed by atoms with Crippen molar-refractivity contribution in [1.82, 2.24) is 19.9 Å². The van der Waals surface area contributed by atoms with Crippen LogP contribution in [0.5, 0.6) is 11.6 Å². The smallest absolute Gasteiger partial charge is 0.434 e. The molecule has 2 heterocycles. The number of nitrogens with zero attached hydrogens (tertiary/aromatic N) is 2. The van der Waals surface area contributed by atoms with Crippen molar-refractivity contribution in [2.45, 2.75) is 30.7 Å². The first-order valence-electron chi connectivity index (χ1n) is 11.4. The molecule has 0 amide bonds. The molecular formula is C25H23Cl2FN4O6S. The molecule has 206 valence electrons. The van der Waals surface area contributed by atoms with E-state index in [1.807, 2.05) is 0 Å². The maximum absolute atomic E-state index is 15.4. The molecule has 0 bridgehead atoms. The molecule has 10 nitrogen and oxygen atoms in total. The van der Waals surface area contributed by atoms with Crippen molar-refractivity contribution in [3.05, 3.63) is 86.0 Å². The standard InChI is InChI=1S/C25H23Cl2FN4O6S/c1-12-16(14-9-17(27)23(37-4)29-11-14)6-7-18(28)21(12)13(2)22(24-30-31-25(33)38-24)32-39(34,35)20-8-5-15(26)10-19(20)36-3/h5-11,13,22,32H,1-4H3,(H,31,33)/t13-,22+/m1/s1. The van der Waals surface area contributed by atoms with E-state index in [2.05, 4.69) is 19.9 Å². The molecule has 0 unspecified atom stereocenters. The number of methoxy groups -OCH3 is 2. The highest BCUT2D eigenvalue weighted by atomic mass is 35.5. The van der Waals surface area contributed by atoms with Crippen LogP contribution in [-0.2, 0) is 10.0 Å². The molecule has 39 heavy (non-hydrogen) atoms. The number of aromatic amines is 1. The Morgan fingerprint density at radius 1 is 1.13 bits per heavy atom. The molecule has 0 spiro atoms. The number of pyridine rings is 1. The first-order chi connectivity index (χ1) is 18.5. The van der Waals surface area contributed by atoms with Gasteiger partial charge in [-0.2, -0.15) is 4.72 Å². The van der Waals surface area contributed by atoms with Crippen molar-refractivity contribution in [2.75, 3.05) is 14.2 Å². The molecule has 14 heteroatoms. The number of hydrogen-bond acceptors (Lipinski definition) is 8. The normalized spacial score (nSPS) is 13.2. The van der Waals surface area contributed by atoms with Crippen LogP contribution in [-0.4, -0.2) is 37.8 Å². The van der Waals surface area contributed by atoms with Crippen LogP contribution < -0.4 is 20.0 Å². The van der Waals surface area contributed by atoms with Gasteiger partial charge in [-0.05, 0) is 47.9 Å². The third kappa shape index (κ3) is 5.78. The summed E-state index contributed by atoms with van der Waals surface area (Å²) in [5.74, 6) is -2.51. The summed E-state index contributed by atoms with van der Waals surface area (Å²) in [6, 6.07) is 7.11. The summed E-state index contributed by atoms with van der Waals surface area (Å²) in [6.07, 6.45) is 1.53. The summed E-state index contributed by atoms with van der Waals surface area (Å²) < 4.78 is 60.3. The largest absolute Gasteiger partial charge is 0.495 e. The lowest BCUT2D eigenvalue weighted by molar-refractivity contribution is 0.374. The third-order valence-electron chi connectivity index (χ3n) is 6.15. The number of benzene rings is 2. The second kappa shape index (κ2) is 11.3. The average molecular weight is 597 g/mol. The predicted octanol–water partition coefficient (Wildman–Crippen LogP) is 5.02. The van der Waals surface area contributed by atoms with E-state index in [1.165, 1.54) is 44.7 Å². The Labute approximate surface area is 233 Å². The predicted molar refractivity (Wildman–Crippen MR) is 143 cm³/mol. The van der Waals surface area contributed by atoms with E-state index < -0.39 is 33.6 Å². The fourth-order valence-electron chi connectivity index (χ4n) is 4.29. The van der Waals surface area contributed by atoms with Gasteiger partial charge in [0.1, 0.15) is 27.5 Å². The van der Waals surface area contributed by atoms with Crippen LogP contribution in [0.1, 0.15) is 35.9 Å². The van der Waals surface area contributed by atoms with Gasteiger partial charge in [0.2, 0.25) is 21.8 Å². The zero-order valence-electron chi connectivity index (χ0n) is 21.1. The van der Waals surface area contributed by atoms with E-state index in [0.717, 1.165) is 0 Å². The number of halogens is 3. The van der Waals surface area contributed by atoms with Gasteiger partial charge in [-0.15, -0.1) is 5.10 Å². The van der Waals surface area contributed by atoms with Gasteiger partial charge in [0, 0.05) is 28.8 Å². The fourth-order valence-corrected chi connectivity index (χ4v) is 6.12. The van der Waals surface area contributed by atoms with Gasteiger partial charge in [-0.1, -0.05) is 36.2 Å². The first kappa shape index (κ1) is 28.6. The monoisotopic (exact) mass is 596 g/mol. The van der Waals surface area contributed by atoms with Crippen LogP contribution in [0.25, 0.3) is 11.1 Å². The van der Waals surface area contributed by atoms with E-state index in [4.69, 9.17) is 37.1 Å². The Kier molecular flexibility index (Phi) is 8.31. The SMILES string of the molecule is COc1cc(Cl)ccc1S(=O)(=O)N[C@H](c1n[nH]c(=O)o1)[C@H](C)c1c(F)ccc(-c2cnc(OC)c(Cl)c2)c1C. The molecule has 0 radical (unpaired) electrons. The summed E-state index contributed by atoms with van der Waals surface area (Å²) >= 11 is 12.2. The van der Waals surface area contributed by atoms with Gasteiger partial charge in [0.05, 0.1) is 14.2 Å². The summed E-state index contributed by atoms with van der Waals surface area (Å²) in [6.45, 7) is 3.26. The summed E-state index contributed by atoms with van der Waals surface area (Å²) in [5, 5.41) is 6.46. The molecule has 0 aliphatic heterocycles. The van der Waals surface area contributed by atoms with Gasteiger partial charge in [-0.3, -0.25) is 0 Å². The molecule has 4 rings (SSSR count). The molecule has 2 aromatic carbocycles. The molecule has 0 saturated heterocycles. The molecule has 0 aliphatic carbocycles. The molecule has 2 aromatic heterocycles. The minimum atomic E-state index is -4.33. The zero-order chi connectivity index (χ0) is 28.5. The van der Waals surface area contributed by atoms with Crippen LogP contribution in [0.3, 0.4) is 0 Å². The average Bonchev–Trinajstić information content (AvgIpc) is 3.32. The summed E-state index contributed by atoms with van der Waals surface area (Å²) in [4.78, 5) is 15.7. The van der Waals surface area contributed by atoms with Crippen LogP contribution in [0.15, 0.2) is 56.7 Å². The van der Waals surface area contributed by atoms with Gasteiger partial charge >= 0.3 is 5.76 Å². The number of sulfonamides is 1. The Morgan fingerprint density at radius 3 is 2.49 bits per heavy atom. The minimum Gasteiger partial charge on any atom is -0.495 e. The third-order valence-corrected chi connectivity index (χ3v) is 8.13. The van der Waals surface area contributed by atoms with Crippen LogP contribution in [0.4, 0.5) is 4.39 Å². The van der Waals surface area contributed by atoms with Crippen molar-refractivity contribution in [1.29, 1.82) is 0 Å². The van der Waals surface area contributed by atoms with Crippen LogP contribution in [0, 0.1) is 12.7 Å². The lowest BCUT2D eigenvalue weighted by Gasteiger charge is -2.25. The molecule has 4 aromatic rings. The molecule has 2 N–H and O–H groups in total. The Hall–Kier alpha value is -3.45. The van der Waals surface area contributed by atoms with Gasteiger partial charge in [0.15, 0.2) is 0 Å². The molecule has 0 aliphatic rings. The highest BCUT2D eigenvalue weighted by Gasteiger charge is 2.34. The topological polar surface area (TPSA) is 136 Å². The second-order valence-electron chi connectivity index (χ2n) is 8.48. The quantitative estimate of drug-likeness (QED) is 0.275. The Bertz CT molecular complexity index is 1690. The van der Waals surface area contributed by atoms with Crippen molar-refractivity contribution in [3.63, 3.8) is 0 Å². The summed E-state index contributed by atoms with van der Waals surface area (Å²) in [7, 11) is -1.60. The highest BCUT2D eigenvalue weighted by molar-refractivity contribution is 7.89. The number of ether oxygens (including phenoxy) is 2. The van der Waals surface area contributed by atoms with E-state index in [9.17, 15) is 13.2 Å². The van der Waals surface area contributed by atoms with Crippen molar-refractivity contribution < 1.29 is 26.7 Å². The first-order valence-corrected chi connectivity index (χ1v) is 13.6. The van der Waals surface area contributed by atoms with E-state index in [1.54, 1.807) is 26.0 Å². The van der Waals surface area contributed by atoms with Gasteiger partial charge in [-0.25, -0.2) is 27.7 Å². The van der Waals surface area contributed by atoms with Crippen molar-refractivity contribution in [2.24, 2.45) is 0 Å². The van der Waals surface area contributed by atoms with Crippen LogP contribution in [0.2, 0.25) is 10.0 Å². The lowest BCUT2D eigenvalue weighted by atomic mass is 9.86. The van der Waals surface area contributed by atoms with E-state index >= 15 is 4.39 Å². The number of H-pyrrole nitrogens is 1. The zero-order valence-corrected chi connectivity index (χ0v) is 23.4. The molecule has 0 fully saturated rings. The Morgan fingerprint density at radius 2 is 1.87 bits per heavy atom. The lowest BCUT2D eigenvalue weighted by Crippen LogP contribution is -2.33. The number of nitrogens with one attached hydrogen (secondary N) is 2. The second-order valence-corrected chi connectivity index (χ2v) is 11.0. The molecule has 0 saturated carbocycles. The maximum atomic E-state index is 15.4. The van der Waals surface area contributed by atoms with E-state index in [-0.39, 0.29) is 38.0 Å². The van der Waals surface area contributed by atoms with Crippen molar-refractivity contribution >= 4 is 33.2 Å². The van der Waals surface area contributed by atoms with Gasteiger partial charge in [0.25, 0.3) is 0 Å². The Balaban J connectivity index is 1.82. The summed E-state index contributed by atoms with van der Waals surface area (Å²) in [5.41, 5.74) is 1.82.